The highest BCUT2D eigenvalue weighted by Gasteiger charge is 2.12. The van der Waals surface area contributed by atoms with Crippen molar-refractivity contribution < 1.29 is 0 Å². The van der Waals surface area contributed by atoms with E-state index < -0.39 is 0 Å². The number of nitrogens with one attached hydrogen (secondary N) is 1. The van der Waals surface area contributed by atoms with Gasteiger partial charge in [0, 0.05) is 21.8 Å². The molecule has 2 rings (SSSR count). The average Bonchev–Trinajstić information content (AvgIpc) is 2.55. The molecule has 0 spiro atoms. The molecule has 17 heavy (non-hydrogen) atoms. The van der Waals surface area contributed by atoms with Crippen LogP contribution in [0.15, 0.2) is 29.1 Å². The van der Waals surface area contributed by atoms with Gasteiger partial charge in [-0.05, 0) is 37.6 Å². The number of benzene rings is 1. The number of H-pyrrole nitrogens is 1. The smallest absolute Gasteiger partial charge is 0.267 e. The van der Waals surface area contributed by atoms with Crippen LogP contribution in [0.1, 0.15) is 24.2 Å². The number of hydrogen-bond acceptors (Lipinski definition) is 1. The summed E-state index contributed by atoms with van der Waals surface area (Å²) in [6.45, 7) is 3.76. The van der Waals surface area contributed by atoms with Crippen LogP contribution in [-0.4, -0.2) is 9.78 Å². The number of halogens is 2. The minimum absolute atomic E-state index is 0.0638. The first-order valence-corrected chi connectivity index (χ1v) is 5.97. The summed E-state index contributed by atoms with van der Waals surface area (Å²) in [5.74, 6) is 0. The second-order valence-corrected chi connectivity index (χ2v) is 4.90. The van der Waals surface area contributed by atoms with Crippen molar-refractivity contribution in [2.45, 2.75) is 19.9 Å². The van der Waals surface area contributed by atoms with E-state index in [1.165, 1.54) is 0 Å². The van der Waals surface area contributed by atoms with Crippen LogP contribution in [0, 0.1) is 6.92 Å². The van der Waals surface area contributed by atoms with E-state index in [2.05, 4.69) is 5.10 Å². The minimum Gasteiger partial charge on any atom is -0.299 e. The lowest BCUT2D eigenvalue weighted by molar-refractivity contribution is 0.544. The highest BCUT2D eigenvalue weighted by atomic mass is 35.5. The first-order valence-electron chi connectivity index (χ1n) is 5.21. The molecule has 0 bridgehead atoms. The van der Waals surface area contributed by atoms with Crippen LogP contribution < -0.4 is 5.56 Å². The molecule has 3 nitrogen and oxygen atoms in total. The highest BCUT2D eigenvalue weighted by Crippen LogP contribution is 2.24. The van der Waals surface area contributed by atoms with Gasteiger partial charge in [0.25, 0.3) is 5.56 Å². The molecule has 0 fully saturated rings. The fraction of sp³-hybridized carbons (Fsp3) is 0.250. The summed E-state index contributed by atoms with van der Waals surface area (Å²) >= 11 is 11.9. The molecule has 0 saturated carbocycles. The molecule has 1 heterocycles. The summed E-state index contributed by atoms with van der Waals surface area (Å²) in [5.41, 5.74) is 1.66. The number of aryl methyl sites for hydroxylation is 1. The molecule has 5 heteroatoms. The summed E-state index contributed by atoms with van der Waals surface area (Å²) in [6, 6.07) is 6.71. The van der Waals surface area contributed by atoms with Crippen molar-refractivity contribution in [1.29, 1.82) is 0 Å². The Balaban J connectivity index is 2.46. The maximum absolute atomic E-state index is 11.7. The van der Waals surface area contributed by atoms with Crippen LogP contribution in [-0.2, 0) is 0 Å². The molecular weight excluding hydrogens is 259 g/mol. The predicted octanol–water partition coefficient (Wildman–Crippen LogP) is 3.40. The third-order valence-corrected chi connectivity index (χ3v) is 3.07. The van der Waals surface area contributed by atoms with Gasteiger partial charge in [0.1, 0.15) is 0 Å². The lowest BCUT2D eigenvalue weighted by atomic mass is 10.1. The topological polar surface area (TPSA) is 37.8 Å². The molecule has 0 aliphatic carbocycles. The number of nitrogens with zero attached hydrogens (tertiary/aromatic N) is 1. The summed E-state index contributed by atoms with van der Waals surface area (Å²) in [4.78, 5) is 11.7. The zero-order valence-electron chi connectivity index (χ0n) is 9.50. The predicted molar refractivity (Wildman–Crippen MR) is 70.1 cm³/mol. The van der Waals surface area contributed by atoms with Gasteiger partial charge in [-0.1, -0.05) is 23.2 Å². The summed E-state index contributed by atoms with van der Waals surface area (Å²) in [6.07, 6.45) is 0. The molecule has 1 N–H and O–H groups in total. The van der Waals surface area contributed by atoms with Gasteiger partial charge in [-0.3, -0.25) is 9.89 Å². The van der Waals surface area contributed by atoms with Crippen LogP contribution in [0.25, 0.3) is 0 Å². The lowest BCUT2D eigenvalue weighted by Gasteiger charge is -2.13. The Hall–Kier alpha value is -1.19. The molecular formula is C12H12Cl2N2O. The van der Waals surface area contributed by atoms with Gasteiger partial charge < -0.3 is 0 Å². The number of rotatable bonds is 2. The number of aromatic nitrogens is 2. The Kier molecular flexibility index (Phi) is 3.31. The fourth-order valence-electron chi connectivity index (χ4n) is 1.79. The molecule has 0 aliphatic rings. The largest absolute Gasteiger partial charge is 0.299 e. The van der Waals surface area contributed by atoms with E-state index in [0.717, 1.165) is 11.3 Å². The maximum atomic E-state index is 11.7. The van der Waals surface area contributed by atoms with Crippen molar-refractivity contribution >= 4 is 23.2 Å². The monoisotopic (exact) mass is 270 g/mol. The number of aromatic amines is 1. The van der Waals surface area contributed by atoms with Crippen molar-refractivity contribution in [1.82, 2.24) is 9.78 Å². The van der Waals surface area contributed by atoms with E-state index in [9.17, 15) is 4.79 Å². The van der Waals surface area contributed by atoms with E-state index in [0.29, 0.717) is 10.0 Å². The van der Waals surface area contributed by atoms with E-state index in [-0.39, 0.29) is 11.6 Å². The zero-order chi connectivity index (χ0) is 12.6. The molecule has 90 valence electrons. The van der Waals surface area contributed by atoms with Crippen LogP contribution >= 0.6 is 23.2 Å². The lowest BCUT2D eigenvalue weighted by Crippen LogP contribution is -2.20. The highest BCUT2D eigenvalue weighted by molar-refractivity contribution is 6.34. The molecule has 1 aromatic heterocycles. The maximum Gasteiger partial charge on any atom is 0.267 e. The van der Waals surface area contributed by atoms with Gasteiger partial charge in [-0.15, -0.1) is 0 Å². The Morgan fingerprint density at radius 3 is 2.24 bits per heavy atom. The van der Waals surface area contributed by atoms with Crippen LogP contribution in [0.3, 0.4) is 0 Å². The molecule has 1 aromatic carbocycles. The zero-order valence-corrected chi connectivity index (χ0v) is 11.0. The van der Waals surface area contributed by atoms with Gasteiger partial charge in [-0.2, -0.15) is 0 Å². The fourth-order valence-corrected chi connectivity index (χ4v) is 2.33. The van der Waals surface area contributed by atoms with Crippen molar-refractivity contribution in [3.8, 4) is 0 Å². The van der Waals surface area contributed by atoms with Crippen molar-refractivity contribution in [3.63, 3.8) is 0 Å². The Morgan fingerprint density at radius 1 is 1.18 bits per heavy atom. The number of hydrogen-bond donors (Lipinski definition) is 1. The van der Waals surface area contributed by atoms with E-state index in [1.54, 1.807) is 28.9 Å². The van der Waals surface area contributed by atoms with Gasteiger partial charge in [0.05, 0.1) is 6.04 Å². The molecule has 0 aliphatic heterocycles. The molecule has 2 aromatic rings. The quantitative estimate of drug-likeness (QED) is 0.893. The van der Waals surface area contributed by atoms with Crippen molar-refractivity contribution in [3.05, 3.63) is 55.9 Å². The normalized spacial score (nSPS) is 12.7. The van der Waals surface area contributed by atoms with Crippen LogP contribution in [0.2, 0.25) is 10.0 Å². The van der Waals surface area contributed by atoms with Crippen LogP contribution in [0.4, 0.5) is 0 Å². The Morgan fingerprint density at radius 2 is 1.76 bits per heavy atom. The molecule has 1 unspecified atom stereocenters. The van der Waals surface area contributed by atoms with Crippen LogP contribution in [0.5, 0.6) is 0 Å². The standard InChI is InChI=1S/C12H12Cl2N2O/c1-7-3-12(17)16(15-7)8(2)9-4-10(13)6-11(14)5-9/h3-6,8,15H,1-2H3. The second kappa shape index (κ2) is 4.59. The molecule has 0 saturated heterocycles. The van der Waals surface area contributed by atoms with E-state index in [1.807, 2.05) is 13.8 Å². The van der Waals surface area contributed by atoms with Gasteiger partial charge in [-0.25, -0.2) is 4.68 Å². The molecule has 0 radical (unpaired) electrons. The Labute approximate surface area is 109 Å². The third-order valence-electron chi connectivity index (χ3n) is 2.63. The average molecular weight is 271 g/mol. The summed E-state index contributed by atoms with van der Waals surface area (Å²) in [5, 5.41) is 4.13. The summed E-state index contributed by atoms with van der Waals surface area (Å²) in [7, 11) is 0. The molecule has 1 atom stereocenters. The third kappa shape index (κ3) is 2.56. The van der Waals surface area contributed by atoms with Gasteiger partial charge in [0.15, 0.2) is 0 Å². The molecule has 0 amide bonds. The van der Waals surface area contributed by atoms with Gasteiger partial charge in [0.2, 0.25) is 0 Å². The van der Waals surface area contributed by atoms with Crippen molar-refractivity contribution in [2.75, 3.05) is 0 Å². The van der Waals surface area contributed by atoms with Crippen molar-refractivity contribution in [2.24, 2.45) is 0 Å². The first kappa shape index (κ1) is 12.3. The Bertz CT molecular complexity index is 581. The van der Waals surface area contributed by atoms with E-state index in [4.69, 9.17) is 23.2 Å². The van der Waals surface area contributed by atoms with Gasteiger partial charge >= 0.3 is 0 Å². The van der Waals surface area contributed by atoms with E-state index >= 15 is 0 Å². The second-order valence-electron chi connectivity index (χ2n) is 4.03. The first-order chi connectivity index (χ1) is 7.97. The SMILES string of the molecule is Cc1cc(=O)n(C(C)c2cc(Cl)cc(Cl)c2)[nH]1. The summed E-state index contributed by atoms with van der Waals surface area (Å²) < 4.78 is 1.55. The minimum atomic E-state index is -0.132.